The molecule has 1 saturated carbocycles. The number of hydrogen-bond donors (Lipinski definition) is 1. The summed E-state index contributed by atoms with van der Waals surface area (Å²) < 4.78 is 66.3. The molecule has 0 aliphatic heterocycles. The van der Waals surface area contributed by atoms with Gasteiger partial charge >= 0.3 is 6.18 Å². The van der Waals surface area contributed by atoms with Crippen molar-refractivity contribution in [3.05, 3.63) is 101 Å². The third-order valence-corrected chi connectivity index (χ3v) is 9.50. The van der Waals surface area contributed by atoms with Crippen LogP contribution in [0, 0.1) is 6.92 Å². The Kier molecular flexibility index (Phi) is 11.9. The molecule has 3 aromatic rings. The molecule has 1 atom stereocenters. The third-order valence-electron chi connectivity index (χ3n) is 8.31. The Morgan fingerprint density at radius 3 is 2.22 bits per heavy atom. The van der Waals surface area contributed by atoms with Crippen LogP contribution >= 0.6 is 0 Å². The molecule has 46 heavy (non-hydrogen) atoms. The first-order valence-corrected chi connectivity index (χ1v) is 17.5. The maximum Gasteiger partial charge on any atom is 0.416 e. The van der Waals surface area contributed by atoms with E-state index in [0.29, 0.717) is 0 Å². The zero-order valence-corrected chi connectivity index (χ0v) is 27.1. The summed E-state index contributed by atoms with van der Waals surface area (Å²) >= 11 is 0. The van der Waals surface area contributed by atoms with Gasteiger partial charge in [0.05, 0.1) is 17.5 Å². The molecule has 11 heteroatoms. The topological polar surface area (TPSA) is 86.8 Å². The zero-order valence-electron chi connectivity index (χ0n) is 26.3. The summed E-state index contributed by atoms with van der Waals surface area (Å²) in [5, 5.41) is 3.19. The second-order valence-electron chi connectivity index (χ2n) is 12.0. The van der Waals surface area contributed by atoms with E-state index in [1.807, 2.05) is 61.5 Å². The van der Waals surface area contributed by atoms with Crippen molar-refractivity contribution in [2.75, 3.05) is 17.1 Å². The average Bonchev–Trinajstić information content (AvgIpc) is 3.02. The van der Waals surface area contributed by atoms with Gasteiger partial charge in [0, 0.05) is 32.0 Å². The monoisotopic (exact) mass is 657 g/mol. The van der Waals surface area contributed by atoms with Crippen molar-refractivity contribution in [3.63, 3.8) is 0 Å². The van der Waals surface area contributed by atoms with E-state index in [1.165, 1.54) is 6.07 Å². The number of rotatable bonds is 13. The highest BCUT2D eigenvalue weighted by Gasteiger charge is 2.33. The van der Waals surface area contributed by atoms with E-state index in [9.17, 15) is 31.2 Å². The number of alkyl halides is 3. The van der Waals surface area contributed by atoms with Crippen LogP contribution in [-0.4, -0.2) is 50.0 Å². The normalized spacial score (nSPS) is 14.8. The molecular weight excluding hydrogens is 615 g/mol. The van der Waals surface area contributed by atoms with Gasteiger partial charge < -0.3 is 10.2 Å². The van der Waals surface area contributed by atoms with E-state index >= 15 is 0 Å². The minimum atomic E-state index is -4.64. The Balaban J connectivity index is 1.59. The predicted molar refractivity (Wildman–Crippen MR) is 174 cm³/mol. The van der Waals surface area contributed by atoms with E-state index in [1.54, 1.807) is 4.90 Å². The van der Waals surface area contributed by atoms with Gasteiger partial charge in [0.15, 0.2) is 0 Å². The third kappa shape index (κ3) is 10.1. The molecule has 0 aromatic heterocycles. The van der Waals surface area contributed by atoms with Crippen molar-refractivity contribution < 1.29 is 31.2 Å². The second-order valence-corrected chi connectivity index (χ2v) is 13.9. The summed E-state index contributed by atoms with van der Waals surface area (Å²) in [6.07, 6.45) is 1.44. The number of halogens is 3. The average molecular weight is 658 g/mol. The number of anilines is 1. The second kappa shape index (κ2) is 15.6. The van der Waals surface area contributed by atoms with Crippen molar-refractivity contribution in [2.45, 2.75) is 83.1 Å². The van der Waals surface area contributed by atoms with Gasteiger partial charge in [-0.15, -0.1) is 0 Å². The Hall–Kier alpha value is -3.86. The highest BCUT2D eigenvalue weighted by atomic mass is 32.2. The van der Waals surface area contributed by atoms with E-state index < -0.39 is 27.8 Å². The van der Waals surface area contributed by atoms with Gasteiger partial charge in [-0.2, -0.15) is 13.2 Å². The molecule has 1 fully saturated rings. The van der Waals surface area contributed by atoms with Crippen molar-refractivity contribution in [3.8, 4) is 0 Å². The molecule has 248 valence electrons. The lowest BCUT2D eigenvalue weighted by atomic mass is 9.94. The molecule has 1 aliphatic rings. The van der Waals surface area contributed by atoms with Crippen LogP contribution in [0.5, 0.6) is 0 Å². The van der Waals surface area contributed by atoms with Crippen LogP contribution in [0.2, 0.25) is 0 Å². The van der Waals surface area contributed by atoms with Gasteiger partial charge in [0.2, 0.25) is 21.8 Å². The molecule has 0 bridgehead atoms. The number of nitrogens with one attached hydrogen (secondary N) is 1. The van der Waals surface area contributed by atoms with Gasteiger partial charge in [-0.1, -0.05) is 85.5 Å². The number of hydrogen-bond acceptors (Lipinski definition) is 4. The van der Waals surface area contributed by atoms with Gasteiger partial charge in [0.25, 0.3) is 0 Å². The predicted octanol–water partition coefficient (Wildman–Crippen LogP) is 6.65. The highest BCUT2D eigenvalue weighted by molar-refractivity contribution is 7.92. The molecular formula is C35H42F3N3O4S. The Morgan fingerprint density at radius 1 is 0.913 bits per heavy atom. The first-order chi connectivity index (χ1) is 21.8. The lowest BCUT2D eigenvalue weighted by molar-refractivity contribution is -0.141. The van der Waals surface area contributed by atoms with Crippen LogP contribution in [0.4, 0.5) is 18.9 Å². The number of amides is 2. The molecule has 0 radical (unpaired) electrons. The van der Waals surface area contributed by atoms with E-state index in [0.717, 1.165) is 77.6 Å². The Bertz CT molecular complexity index is 1560. The van der Waals surface area contributed by atoms with E-state index in [4.69, 9.17) is 0 Å². The SMILES string of the molecule is Cc1ccc(CN(C(=O)CCCN(c2cccc(C(F)(F)F)c2)S(C)(=O)=O)[C@@H](Cc2ccccc2)C(=O)NC2CCCCC2)cc1. The lowest BCUT2D eigenvalue weighted by Crippen LogP contribution is -2.52. The standard InChI is InChI=1S/C35H42F3N3O4S/c1-26-18-20-28(21-19-26)25-40(32(23-27-11-5-3-6-12-27)34(43)39-30-14-7-4-8-15-30)33(42)17-10-22-41(46(2,44)45)31-16-9-13-29(24-31)35(36,37)38/h3,5-6,9,11-13,16,18-21,24,30,32H,4,7-8,10,14-15,17,22-23,25H2,1-2H3,(H,39,43)/t32-/m0/s1. The molecule has 4 rings (SSSR count). The van der Waals surface area contributed by atoms with Crippen LogP contribution < -0.4 is 9.62 Å². The maximum absolute atomic E-state index is 14.0. The van der Waals surface area contributed by atoms with Crippen molar-refractivity contribution in [1.82, 2.24) is 10.2 Å². The van der Waals surface area contributed by atoms with Crippen LogP contribution in [0.15, 0.2) is 78.9 Å². The summed E-state index contributed by atoms with van der Waals surface area (Å²) in [5.41, 5.74) is 1.68. The summed E-state index contributed by atoms with van der Waals surface area (Å²) in [5.74, 6) is -0.587. The highest BCUT2D eigenvalue weighted by Crippen LogP contribution is 2.32. The zero-order chi connectivity index (χ0) is 33.3. The Morgan fingerprint density at radius 2 is 1.59 bits per heavy atom. The van der Waals surface area contributed by atoms with E-state index in [-0.39, 0.29) is 55.9 Å². The quantitative estimate of drug-likeness (QED) is 0.223. The molecule has 3 aromatic carbocycles. The molecule has 7 nitrogen and oxygen atoms in total. The van der Waals surface area contributed by atoms with E-state index in [2.05, 4.69) is 5.32 Å². The molecule has 0 heterocycles. The fraction of sp³-hybridized carbons (Fsp3) is 0.429. The van der Waals surface area contributed by atoms with Crippen LogP contribution in [0.3, 0.4) is 0 Å². The van der Waals surface area contributed by atoms with Gasteiger partial charge in [-0.3, -0.25) is 13.9 Å². The molecule has 1 aliphatic carbocycles. The molecule has 2 amide bonds. The van der Waals surface area contributed by atoms with Crippen LogP contribution in [0.25, 0.3) is 0 Å². The summed E-state index contributed by atoms with van der Waals surface area (Å²) in [6.45, 7) is 1.92. The smallest absolute Gasteiger partial charge is 0.352 e. The summed E-state index contributed by atoms with van der Waals surface area (Å²) in [4.78, 5) is 29.5. The molecule has 0 unspecified atom stereocenters. The lowest BCUT2D eigenvalue weighted by Gasteiger charge is -2.34. The van der Waals surface area contributed by atoms with Gasteiger partial charge in [-0.25, -0.2) is 8.42 Å². The minimum Gasteiger partial charge on any atom is -0.352 e. The number of carbonyl (C=O) groups is 2. The summed E-state index contributed by atoms with van der Waals surface area (Å²) in [7, 11) is -3.96. The maximum atomic E-state index is 14.0. The van der Waals surface area contributed by atoms with Crippen molar-refractivity contribution in [1.29, 1.82) is 0 Å². The number of sulfonamides is 1. The van der Waals surface area contributed by atoms with Crippen LogP contribution in [-0.2, 0) is 38.8 Å². The van der Waals surface area contributed by atoms with Gasteiger partial charge in [0.1, 0.15) is 6.04 Å². The summed E-state index contributed by atoms with van der Waals surface area (Å²) in [6, 6.07) is 20.5. The van der Waals surface area contributed by atoms with Crippen molar-refractivity contribution in [2.24, 2.45) is 0 Å². The first-order valence-electron chi connectivity index (χ1n) is 15.7. The van der Waals surface area contributed by atoms with Gasteiger partial charge in [-0.05, 0) is 55.5 Å². The number of aryl methyl sites for hydroxylation is 1. The number of carbonyl (C=O) groups excluding carboxylic acids is 2. The number of nitrogens with zero attached hydrogens (tertiary/aromatic N) is 2. The fourth-order valence-corrected chi connectivity index (χ4v) is 6.79. The molecule has 1 N–H and O–H groups in total. The first kappa shape index (κ1) is 35.0. The number of benzene rings is 3. The fourth-order valence-electron chi connectivity index (χ4n) is 5.83. The van der Waals surface area contributed by atoms with Crippen molar-refractivity contribution >= 4 is 27.5 Å². The molecule has 0 saturated heterocycles. The van der Waals surface area contributed by atoms with Crippen LogP contribution in [0.1, 0.15) is 67.2 Å². The Labute approximate surface area is 269 Å². The molecule has 0 spiro atoms. The largest absolute Gasteiger partial charge is 0.416 e. The minimum absolute atomic E-state index is 0.0339.